The van der Waals surface area contributed by atoms with E-state index in [-0.39, 0.29) is 0 Å². The van der Waals surface area contributed by atoms with Crippen LogP contribution in [-0.4, -0.2) is 12.1 Å². The van der Waals surface area contributed by atoms with E-state index in [0.717, 1.165) is 22.9 Å². The van der Waals surface area contributed by atoms with Crippen molar-refractivity contribution in [2.45, 2.75) is 13.0 Å². The van der Waals surface area contributed by atoms with Crippen LogP contribution in [0.15, 0.2) is 29.6 Å². The van der Waals surface area contributed by atoms with Crippen LogP contribution < -0.4 is 10.5 Å². The van der Waals surface area contributed by atoms with Gasteiger partial charge in [0.1, 0.15) is 10.8 Å². The van der Waals surface area contributed by atoms with Crippen molar-refractivity contribution in [3.63, 3.8) is 0 Å². The number of ether oxygens (including phenoxy) is 1. The second kappa shape index (κ2) is 5.09. The minimum atomic E-state index is 0.517. The lowest BCUT2D eigenvalue weighted by atomic mass is 10.1. The molecule has 1 aromatic heterocycles. The van der Waals surface area contributed by atoms with Gasteiger partial charge in [0, 0.05) is 18.3 Å². The second-order valence-electron chi connectivity index (χ2n) is 3.47. The molecule has 0 aliphatic rings. The monoisotopic (exact) mass is 234 g/mol. The normalized spacial score (nSPS) is 10.4. The third-order valence-electron chi connectivity index (χ3n) is 2.29. The van der Waals surface area contributed by atoms with Crippen LogP contribution in [-0.2, 0) is 13.0 Å². The average molecular weight is 234 g/mol. The lowest BCUT2D eigenvalue weighted by Crippen LogP contribution is -1.96. The first-order valence-electron chi connectivity index (χ1n) is 5.08. The SMILES string of the molecule is COc1cccc(Cc2csc(CN)n2)c1. The van der Waals surface area contributed by atoms with Gasteiger partial charge in [0.25, 0.3) is 0 Å². The molecule has 2 N–H and O–H groups in total. The van der Waals surface area contributed by atoms with Gasteiger partial charge in [0.2, 0.25) is 0 Å². The highest BCUT2D eigenvalue weighted by atomic mass is 32.1. The Balaban J connectivity index is 2.13. The Hall–Kier alpha value is -1.39. The first-order valence-corrected chi connectivity index (χ1v) is 5.96. The fourth-order valence-electron chi connectivity index (χ4n) is 1.52. The van der Waals surface area contributed by atoms with E-state index in [4.69, 9.17) is 10.5 Å². The fourth-order valence-corrected chi connectivity index (χ4v) is 2.19. The van der Waals surface area contributed by atoms with Crippen molar-refractivity contribution < 1.29 is 4.74 Å². The number of nitrogens with two attached hydrogens (primary N) is 1. The Morgan fingerprint density at radius 1 is 1.44 bits per heavy atom. The third kappa shape index (κ3) is 2.59. The molecule has 0 spiro atoms. The van der Waals surface area contributed by atoms with E-state index >= 15 is 0 Å². The Kier molecular flexibility index (Phi) is 3.54. The van der Waals surface area contributed by atoms with Crippen LogP contribution in [0.2, 0.25) is 0 Å². The molecule has 0 amide bonds. The zero-order valence-electron chi connectivity index (χ0n) is 9.14. The molecule has 2 rings (SSSR count). The maximum Gasteiger partial charge on any atom is 0.119 e. The molecule has 0 radical (unpaired) electrons. The van der Waals surface area contributed by atoms with Crippen LogP contribution in [0.25, 0.3) is 0 Å². The number of benzene rings is 1. The Morgan fingerprint density at radius 3 is 3.00 bits per heavy atom. The van der Waals surface area contributed by atoms with Crippen molar-refractivity contribution in [1.29, 1.82) is 0 Å². The van der Waals surface area contributed by atoms with E-state index in [2.05, 4.69) is 16.4 Å². The molecular weight excluding hydrogens is 220 g/mol. The van der Waals surface area contributed by atoms with Crippen molar-refractivity contribution in [1.82, 2.24) is 4.98 Å². The summed E-state index contributed by atoms with van der Waals surface area (Å²) in [7, 11) is 1.68. The summed E-state index contributed by atoms with van der Waals surface area (Å²) < 4.78 is 5.18. The van der Waals surface area contributed by atoms with Crippen molar-refractivity contribution in [3.05, 3.63) is 45.9 Å². The van der Waals surface area contributed by atoms with E-state index in [0.29, 0.717) is 6.54 Å². The summed E-state index contributed by atoms with van der Waals surface area (Å²) in [5.74, 6) is 0.881. The molecule has 0 saturated heterocycles. The van der Waals surface area contributed by atoms with Crippen molar-refractivity contribution in [2.75, 3.05) is 7.11 Å². The largest absolute Gasteiger partial charge is 0.497 e. The molecule has 84 valence electrons. The summed E-state index contributed by atoms with van der Waals surface area (Å²) >= 11 is 1.61. The highest BCUT2D eigenvalue weighted by Crippen LogP contribution is 2.17. The van der Waals surface area contributed by atoms with Crippen LogP contribution >= 0.6 is 11.3 Å². The van der Waals surface area contributed by atoms with Crippen LogP contribution in [0, 0.1) is 0 Å². The van der Waals surface area contributed by atoms with E-state index in [1.54, 1.807) is 18.4 Å². The van der Waals surface area contributed by atoms with E-state index < -0.39 is 0 Å². The van der Waals surface area contributed by atoms with Crippen LogP contribution in [0.5, 0.6) is 5.75 Å². The van der Waals surface area contributed by atoms with Crippen LogP contribution in [0.4, 0.5) is 0 Å². The predicted molar refractivity (Wildman–Crippen MR) is 65.8 cm³/mol. The number of thiazole rings is 1. The molecule has 0 aliphatic heterocycles. The molecule has 0 fully saturated rings. The molecule has 0 saturated carbocycles. The first kappa shape index (κ1) is 11.1. The van der Waals surface area contributed by atoms with Gasteiger partial charge in [-0.05, 0) is 17.7 Å². The number of rotatable bonds is 4. The van der Waals surface area contributed by atoms with Gasteiger partial charge in [-0.15, -0.1) is 11.3 Å². The van der Waals surface area contributed by atoms with Gasteiger partial charge in [0.15, 0.2) is 0 Å². The minimum absolute atomic E-state index is 0.517. The van der Waals surface area contributed by atoms with Gasteiger partial charge in [0.05, 0.1) is 12.8 Å². The number of methoxy groups -OCH3 is 1. The number of hydrogen-bond acceptors (Lipinski definition) is 4. The van der Waals surface area contributed by atoms with Gasteiger partial charge in [-0.1, -0.05) is 12.1 Å². The van der Waals surface area contributed by atoms with Crippen LogP contribution in [0.3, 0.4) is 0 Å². The molecule has 0 aliphatic carbocycles. The van der Waals surface area contributed by atoms with E-state index in [9.17, 15) is 0 Å². The maximum absolute atomic E-state index is 5.53. The van der Waals surface area contributed by atoms with Gasteiger partial charge in [-0.25, -0.2) is 4.98 Å². The molecule has 16 heavy (non-hydrogen) atoms. The number of nitrogens with zero attached hydrogens (tertiary/aromatic N) is 1. The molecule has 0 bridgehead atoms. The number of hydrogen-bond donors (Lipinski definition) is 1. The summed E-state index contributed by atoms with van der Waals surface area (Å²) in [6.45, 7) is 0.517. The summed E-state index contributed by atoms with van der Waals surface area (Å²) in [5.41, 5.74) is 7.80. The highest BCUT2D eigenvalue weighted by molar-refractivity contribution is 7.09. The number of aromatic nitrogens is 1. The predicted octanol–water partition coefficient (Wildman–Crippen LogP) is 2.20. The Labute approximate surface area is 98.9 Å². The molecule has 1 heterocycles. The van der Waals surface area contributed by atoms with E-state index in [1.165, 1.54) is 5.56 Å². The molecule has 0 unspecified atom stereocenters. The molecule has 2 aromatic rings. The van der Waals surface area contributed by atoms with Gasteiger partial charge < -0.3 is 10.5 Å². The topological polar surface area (TPSA) is 48.1 Å². The Bertz CT molecular complexity index is 468. The van der Waals surface area contributed by atoms with E-state index in [1.807, 2.05) is 18.2 Å². The molecular formula is C12H14N2OS. The van der Waals surface area contributed by atoms with Gasteiger partial charge in [-0.3, -0.25) is 0 Å². The molecule has 4 heteroatoms. The fraction of sp³-hybridized carbons (Fsp3) is 0.250. The van der Waals surface area contributed by atoms with Crippen LogP contribution in [0.1, 0.15) is 16.3 Å². The minimum Gasteiger partial charge on any atom is -0.497 e. The first-order chi connectivity index (χ1) is 7.81. The standard InChI is InChI=1S/C12H14N2OS/c1-15-11-4-2-3-9(6-11)5-10-8-16-12(7-13)14-10/h2-4,6,8H,5,7,13H2,1H3. The summed E-state index contributed by atoms with van der Waals surface area (Å²) in [6, 6.07) is 8.03. The van der Waals surface area contributed by atoms with Crippen molar-refractivity contribution >= 4 is 11.3 Å². The summed E-state index contributed by atoms with van der Waals surface area (Å²) in [5, 5.41) is 3.04. The summed E-state index contributed by atoms with van der Waals surface area (Å²) in [6.07, 6.45) is 0.827. The lowest BCUT2D eigenvalue weighted by molar-refractivity contribution is 0.414. The average Bonchev–Trinajstić information content (AvgIpc) is 2.77. The lowest BCUT2D eigenvalue weighted by Gasteiger charge is -2.02. The molecule has 3 nitrogen and oxygen atoms in total. The third-order valence-corrected chi connectivity index (χ3v) is 3.21. The molecule has 0 atom stereocenters. The maximum atomic E-state index is 5.53. The second-order valence-corrected chi connectivity index (χ2v) is 4.41. The zero-order valence-corrected chi connectivity index (χ0v) is 9.96. The highest BCUT2D eigenvalue weighted by Gasteiger charge is 2.02. The van der Waals surface area contributed by atoms with Gasteiger partial charge >= 0.3 is 0 Å². The zero-order chi connectivity index (χ0) is 11.4. The molecule has 1 aromatic carbocycles. The quantitative estimate of drug-likeness (QED) is 0.882. The van der Waals surface area contributed by atoms with Crippen molar-refractivity contribution in [3.8, 4) is 5.75 Å². The summed E-state index contributed by atoms with van der Waals surface area (Å²) in [4.78, 5) is 4.43. The van der Waals surface area contributed by atoms with Crippen molar-refractivity contribution in [2.24, 2.45) is 5.73 Å². The smallest absolute Gasteiger partial charge is 0.119 e. The Morgan fingerprint density at radius 2 is 2.31 bits per heavy atom. The van der Waals surface area contributed by atoms with Gasteiger partial charge in [-0.2, -0.15) is 0 Å².